The molecule has 0 radical (unpaired) electrons. The number of nitrogens with zero attached hydrogens (tertiary/aromatic N) is 2. The molecule has 1 heterocycles. The SMILES string of the molecule is C[n+]1ccn(CCO)c1.F[P-](F)(F)(F)(F)F. The summed E-state index contributed by atoms with van der Waals surface area (Å²) < 4.78 is 63.1. The Morgan fingerprint density at radius 1 is 1.19 bits per heavy atom. The van der Waals surface area contributed by atoms with Gasteiger partial charge in [-0.2, -0.15) is 0 Å². The second kappa shape index (κ2) is 3.89. The molecular formula is C6H11F6N2OP. The van der Waals surface area contributed by atoms with Gasteiger partial charge in [0.25, 0.3) is 0 Å². The number of aryl methyl sites for hydroxylation is 1. The van der Waals surface area contributed by atoms with Gasteiger partial charge in [-0.25, -0.2) is 9.13 Å². The standard InChI is InChI=1S/C6H11N2O.F6P/c1-7-2-3-8(6-7)4-5-9;1-7(2,3,4,5)6/h2-3,6,9H,4-5H2,1H3;/q+1;-1. The van der Waals surface area contributed by atoms with Crippen molar-refractivity contribution in [2.24, 2.45) is 7.05 Å². The zero-order valence-electron chi connectivity index (χ0n) is 8.20. The second-order valence-electron chi connectivity index (χ2n) is 3.00. The molecule has 0 saturated heterocycles. The Hall–Kier alpha value is -0.820. The fourth-order valence-electron chi connectivity index (χ4n) is 0.749. The van der Waals surface area contributed by atoms with Gasteiger partial charge < -0.3 is 5.11 Å². The van der Waals surface area contributed by atoms with E-state index in [-0.39, 0.29) is 6.61 Å². The predicted molar refractivity (Wildman–Crippen MR) is 46.3 cm³/mol. The molecule has 16 heavy (non-hydrogen) atoms. The Labute approximate surface area is 87.2 Å². The summed E-state index contributed by atoms with van der Waals surface area (Å²) in [7, 11) is -8.71. The quantitative estimate of drug-likeness (QED) is 0.500. The first-order chi connectivity index (χ1) is 6.78. The Morgan fingerprint density at radius 3 is 1.88 bits per heavy atom. The third kappa shape index (κ3) is 15.6. The third-order valence-corrected chi connectivity index (χ3v) is 1.18. The van der Waals surface area contributed by atoms with Gasteiger partial charge >= 0.3 is 33.0 Å². The maximum absolute atomic E-state index is 10.7. The summed E-state index contributed by atoms with van der Waals surface area (Å²) in [4.78, 5) is 0. The topological polar surface area (TPSA) is 29.0 Å². The van der Waals surface area contributed by atoms with Crippen LogP contribution in [0.4, 0.5) is 25.2 Å². The van der Waals surface area contributed by atoms with Crippen molar-refractivity contribution in [3.63, 3.8) is 0 Å². The molecule has 0 amide bonds. The minimum atomic E-state index is -10.7. The van der Waals surface area contributed by atoms with Crippen molar-refractivity contribution in [3.8, 4) is 0 Å². The number of aliphatic hydroxyl groups excluding tert-OH is 1. The monoisotopic (exact) mass is 272 g/mol. The van der Waals surface area contributed by atoms with Gasteiger partial charge in [-0.3, -0.25) is 0 Å². The van der Waals surface area contributed by atoms with Crippen LogP contribution in [-0.2, 0) is 13.6 Å². The summed E-state index contributed by atoms with van der Waals surface area (Å²) in [6.45, 7) is 0.884. The van der Waals surface area contributed by atoms with Crippen LogP contribution in [0.15, 0.2) is 18.7 Å². The van der Waals surface area contributed by atoms with Gasteiger partial charge in [0.1, 0.15) is 18.9 Å². The van der Waals surface area contributed by atoms with Gasteiger partial charge in [0.15, 0.2) is 0 Å². The molecule has 0 aliphatic rings. The number of halogens is 6. The molecule has 1 N–H and O–H groups in total. The summed E-state index contributed by atoms with van der Waals surface area (Å²) in [5.41, 5.74) is 0. The normalized spacial score (nSPS) is 15.8. The van der Waals surface area contributed by atoms with E-state index in [0.29, 0.717) is 6.54 Å². The maximum atomic E-state index is 9.87. The van der Waals surface area contributed by atoms with E-state index in [0.717, 1.165) is 0 Å². The fourth-order valence-corrected chi connectivity index (χ4v) is 0.749. The van der Waals surface area contributed by atoms with Crippen molar-refractivity contribution in [2.45, 2.75) is 6.54 Å². The first-order valence-electron chi connectivity index (χ1n) is 3.96. The van der Waals surface area contributed by atoms with E-state index in [9.17, 15) is 25.2 Å². The molecule has 1 aromatic heterocycles. The van der Waals surface area contributed by atoms with Crippen molar-refractivity contribution < 1.29 is 34.9 Å². The molecule has 0 spiro atoms. The molecule has 0 saturated carbocycles. The molecule has 0 aliphatic heterocycles. The number of aliphatic hydroxyl groups is 1. The molecule has 10 heteroatoms. The Balaban J connectivity index is 0.000000293. The number of hydrogen-bond donors (Lipinski definition) is 1. The third-order valence-electron chi connectivity index (χ3n) is 1.18. The van der Waals surface area contributed by atoms with E-state index in [1.54, 1.807) is 0 Å². The molecule has 98 valence electrons. The Bertz CT molecular complexity index is 332. The van der Waals surface area contributed by atoms with Crippen LogP contribution >= 0.6 is 7.81 Å². The zero-order chi connectivity index (χ0) is 13.1. The van der Waals surface area contributed by atoms with Crippen LogP contribution in [0.25, 0.3) is 0 Å². The summed E-state index contributed by atoms with van der Waals surface area (Å²) >= 11 is 0. The number of aromatic nitrogens is 2. The molecule has 0 unspecified atom stereocenters. The summed E-state index contributed by atoms with van der Waals surface area (Å²) in [6.07, 6.45) is 5.79. The van der Waals surface area contributed by atoms with Crippen molar-refractivity contribution in [2.75, 3.05) is 6.61 Å². The number of rotatable bonds is 2. The van der Waals surface area contributed by atoms with Crippen LogP contribution < -0.4 is 4.57 Å². The molecule has 0 aromatic carbocycles. The molecule has 1 aromatic rings. The fraction of sp³-hybridized carbons (Fsp3) is 0.500. The number of hydrogen-bond acceptors (Lipinski definition) is 1. The van der Waals surface area contributed by atoms with Crippen LogP contribution in [0.3, 0.4) is 0 Å². The summed E-state index contributed by atoms with van der Waals surface area (Å²) in [5.74, 6) is 0. The second-order valence-corrected chi connectivity index (χ2v) is 4.92. The van der Waals surface area contributed by atoms with Gasteiger partial charge in [-0.05, 0) is 0 Å². The van der Waals surface area contributed by atoms with Crippen molar-refractivity contribution in [1.29, 1.82) is 0 Å². The number of imidazole rings is 1. The average molecular weight is 272 g/mol. The van der Waals surface area contributed by atoms with Crippen LogP contribution in [0.1, 0.15) is 0 Å². The van der Waals surface area contributed by atoms with Crippen LogP contribution in [0, 0.1) is 0 Å². The summed E-state index contributed by atoms with van der Waals surface area (Å²) in [6, 6.07) is 0. The van der Waals surface area contributed by atoms with E-state index in [1.807, 2.05) is 34.9 Å². The predicted octanol–water partition coefficient (Wildman–Crippen LogP) is 2.69. The first-order valence-corrected chi connectivity index (χ1v) is 5.99. The van der Waals surface area contributed by atoms with Crippen LogP contribution in [0.2, 0.25) is 0 Å². The van der Waals surface area contributed by atoms with Gasteiger partial charge in [0.05, 0.1) is 13.7 Å². The molecule has 1 rings (SSSR count). The van der Waals surface area contributed by atoms with Crippen molar-refractivity contribution in [1.82, 2.24) is 4.57 Å². The molecular weight excluding hydrogens is 261 g/mol. The van der Waals surface area contributed by atoms with Crippen molar-refractivity contribution in [3.05, 3.63) is 18.7 Å². The van der Waals surface area contributed by atoms with Crippen LogP contribution in [0.5, 0.6) is 0 Å². The Kier molecular flexibility index (Phi) is 3.69. The van der Waals surface area contributed by atoms with E-state index < -0.39 is 7.81 Å². The molecule has 0 bridgehead atoms. The Morgan fingerprint density at radius 2 is 1.62 bits per heavy atom. The molecule has 0 atom stereocenters. The van der Waals surface area contributed by atoms with Gasteiger partial charge in [-0.1, -0.05) is 0 Å². The van der Waals surface area contributed by atoms with Crippen LogP contribution in [-0.4, -0.2) is 16.3 Å². The first kappa shape index (κ1) is 15.2. The van der Waals surface area contributed by atoms with E-state index >= 15 is 0 Å². The molecule has 0 fully saturated rings. The van der Waals surface area contributed by atoms with E-state index in [4.69, 9.17) is 5.11 Å². The summed E-state index contributed by atoms with van der Waals surface area (Å²) in [5, 5.41) is 8.50. The van der Waals surface area contributed by atoms with Gasteiger partial charge in [0, 0.05) is 0 Å². The van der Waals surface area contributed by atoms with Gasteiger partial charge in [0.2, 0.25) is 6.33 Å². The zero-order valence-corrected chi connectivity index (χ0v) is 9.10. The molecule has 0 aliphatic carbocycles. The minimum absolute atomic E-state index is 0.203. The molecule has 3 nitrogen and oxygen atoms in total. The van der Waals surface area contributed by atoms with Gasteiger partial charge in [-0.15, -0.1) is 0 Å². The average Bonchev–Trinajstić information content (AvgIpc) is 2.29. The van der Waals surface area contributed by atoms with E-state index in [2.05, 4.69) is 0 Å². The van der Waals surface area contributed by atoms with E-state index in [1.165, 1.54) is 0 Å². The van der Waals surface area contributed by atoms with Crippen molar-refractivity contribution >= 4 is 7.81 Å².